The third-order valence-electron chi connectivity index (χ3n) is 1.97. The molecular formula is C10H12F3N3O2. The molecule has 1 aromatic rings. The molecule has 0 aliphatic carbocycles. The molecule has 0 spiro atoms. The lowest BCUT2D eigenvalue weighted by Crippen LogP contribution is -2.13. The molecular weight excluding hydrogens is 251 g/mol. The summed E-state index contributed by atoms with van der Waals surface area (Å²) in [4.78, 5) is 18.6. The lowest BCUT2D eigenvalue weighted by Gasteiger charge is -2.08. The zero-order valence-corrected chi connectivity index (χ0v) is 9.62. The normalized spacial score (nSPS) is 11.1. The van der Waals surface area contributed by atoms with Gasteiger partial charge in [-0.3, -0.25) is 0 Å². The summed E-state index contributed by atoms with van der Waals surface area (Å²) in [5.74, 6) is -0.556. The summed E-state index contributed by atoms with van der Waals surface area (Å²) in [6.07, 6.45) is -3.77. The number of halogens is 3. The molecule has 0 saturated heterocycles. The third kappa shape index (κ3) is 4.98. The zero-order chi connectivity index (χ0) is 13.6. The van der Waals surface area contributed by atoms with E-state index in [0.29, 0.717) is 0 Å². The molecule has 1 rings (SSSR count). The molecule has 100 valence electrons. The molecule has 0 atom stereocenters. The van der Waals surface area contributed by atoms with E-state index in [4.69, 9.17) is 0 Å². The van der Waals surface area contributed by atoms with Crippen molar-refractivity contribution in [1.29, 1.82) is 0 Å². The first-order valence-electron chi connectivity index (χ1n) is 5.14. The number of methoxy groups -OCH3 is 1. The van der Waals surface area contributed by atoms with Gasteiger partial charge in [0.25, 0.3) is 0 Å². The highest BCUT2D eigenvalue weighted by Gasteiger charge is 2.25. The number of ether oxygens (including phenoxy) is 1. The summed E-state index contributed by atoms with van der Waals surface area (Å²) in [5.41, 5.74) is 0. The van der Waals surface area contributed by atoms with Crippen molar-refractivity contribution < 1.29 is 22.7 Å². The Labute approximate surface area is 101 Å². The number of nitrogens with one attached hydrogen (secondary N) is 1. The van der Waals surface area contributed by atoms with Crippen LogP contribution in [0, 0.1) is 0 Å². The Kier molecular flexibility index (Phi) is 4.87. The van der Waals surface area contributed by atoms with Crippen LogP contribution in [0.3, 0.4) is 0 Å². The van der Waals surface area contributed by atoms with Crippen molar-refractivity contribution in [3.05, 3.63) is 18.1 Å². The lowest BCUT2D eigenvalue weighted by molar-refractivity contribution is -0.134. The van der Waals surface area contributed by atoms with Crippen LogP contribution < -0.4 is 5.32 Å². The quantitative estimate of drug-likeness (QED) is 0.650. The largest absolute Gasteiger partial charge is 0.463 e. The fourth-order valence-corrected chi connectivity index (χ4v) is 1.15. The Balaban J connectivity index is 2.45. The first-order valence-corrected chi connectivity index (χ1v) is 5.14. The predicted octanol–water partition coefficient (Wildman–Crippen LogP) is 2.02. The van der Waals surface area contributed by atoms with Crippen LogP contribution in [0.15, 0.2) is 12.3 Å². The molecule has 0 fully saturated rings. The minimum Gasteiger partial charge on any atom is -0.463 e. The molecule has 0 aromatic carbocycles. The van der Waals surface area contributed by atoms with Gasteiger partial charge in [-0.15, -0.1) is 0 Å². The SMILES string of the molecule is COC(=O)c1nccc(NCCCC(F)(F)F)n1. The Bertz CT molecular complexity index is 410. The number of esters is 1. The van der Waals surface area contributed by atoms with Gasteiger partial charge in [-0.25, -0.2) is 14.8 Å². The van der Waals surface area contributed by atoms with Crippen molar-refractivity contribution in [2.75, 3.05) is 19.0 Å². The van der Waals surface area contributed by atoms with Gasteiger partial charge in [0.15, 0.2) is 0 Å². The number of anilines is 1. The highest BCUT2D eigenvalue weighted by Crippen LogP contribution is 2.21. The molecule has 5 nitrogen and oxygen atoms in total. The van der Waals surface area contributed by atoms with Crippen LogP contribution in [0.2, 0.25) is 0 Å². The van der Waals surface area contributed by atoms with Crippen molar-refractivity contribution in [2.24, 2.45) is 0 Å². The van der Waals surface area contributed by atoms with Gasteiger partial charge >= 0.3 is 12.1 Å². The van der Waals surface area contributed by atoms with Gasteiger partial charge in [-0.1, -0.05) is 0 Å². The van der Waals surface area contributed by atoms with Crippen LogP contribution in [0.25, 0.3) is 0 Å². The van der Waals surface area contributed by atoms with E-state index < -0.39 is 18.6 Å². The number of aromatic nitrogens is 2. The smallest absolute Gasteiger partial charge is 0.389 e. The fraction of sp³-hybridized carbons (Fsp3) is 0.500. The minimum absolute atomic E-state index is 0.0684. The maximum absolute atomic E-state index is 11.9. The van der Waals surface area contributed by atoms with Gasteiger partial charge < -0.3 is 10.1 Å². The number of carbonyl (C=O) groups excluding carboxylic acids is 1. The van der Waals surface area contributed by atoms with E-state index in [2.05, 4.69) is 20.0 Å². The van der Waals surface area contributed by atoms with Gasteiger partial charge in [-0.2, -0.15) is 13.2 Å². The van der Waals surface area contributed by atoms with Crippen molar-refractivity contribution in [3.63, 3.8) is 0 Å². The van der Waals surface area contributed by atoms with Crippen LogP contribution in [0.4, 0.5) is 19.0 Å². The molecule has 0 unspecified atom stereocenters. The highest BCUT2D eigenvalue weighted by molar-refractivity contribution is 5.85. The van der Waals surface area contributed by atoms with E-state index in [0.717, 1.165) is 0 Å². The van der Waals surface area contributed by atoms with Gasteiger partial charge in [0.1, 0.15) is 5.82 Å². The maximum atomic E-state index is 11.9. The first-order chi connectivity index (χ1) is 8.42. The van der Waals surface area contributed by atoms with Crippen LogP contribution in [0.5, 0.6) is 0 Å². The van der Waals surface area contributed by atoms with Crippen LogP contribution >= 0.6 is 0 Å². The van der Waals surface area contributed by atoms with Gasteiger partial charge in [0.05, 0.1) is 7.11 Å². The molecule has 0 aliphatic rings. The Morgan fingerprint density at radius 2 is 2.22 bits per heavy atom. The Morgan fingerprint density at radius 3 is 2.83 bits per heavy atom. The van der Waals surface area contributed by atoms with Crippen LogP contribution in [-0.4, -0.2) is 35.8 Å². The zero-order valence-electron chi connectivity index (χ0n) is 9.62. The number of nitrogens with zero attached hydrogens (tertiary/aromatic N) is 2. The standard InChI is InChI=1S/C10H12F3N3O2/c1-18-9(17)8-15-6-3-7(16-8)14-5-2-4-10(11,12)13/h3,6H,2,4-5H2,1H3,(H,14,15,16). The molecule has 1 aromatic heterocycles. The van der Waals surface area contributed by atoms with E-state index in [9.17, 15) is 18.0 Å². The second-order valence-corrected chi connectivity index (χ2v) is 3.40. The number of rotatable bonds is 5. The van der Waals surface area contributed by atoms with E-state index in [1.165, 1.54) is 19.4 Å². The van der Waals surface area contributed by atoms with Crippen molar-refractivity contribution >= 4 is 11.8 Å². The molecule has 8 heteroatoms. The number of hydrogen-bond acceptors (Lipinski definition) is 5. The first kappa shape index (κ1) is 14.2. The van der Waals surface area contributed by atoms with Gasteiger partial charge in [0, 0.05) is 19.2 Å². The topological polar surface area (TPSA) is 64.1 Å². The molecule has 0 radical (unpaired) electrons. The molecule has 1 heterocycles. The predicted molar refractivity (Wildman–Crippen MR) is 57.2 cm³/mol. The van der Waals surface area contributed by atoms with Gasteiger partial charge in [0.2, 0.25) is 5.82 Å². The van der Waals surface area contributed by atoms with Crippen LogP contribution in [-0.2, 0) is 4.74 Å². The van der Waals surface area contributed by atoms with Gasteiger partial charge in [-0.05, 0) is 12.5 Å². The molecule has 0 saturated carbocycles. The van der Waals surface area contributed by atoms with Crippen LogP contribution in [0.1, 0.15) is 23.5 Å². The summed E-state index contributed by atoms with van der Waals surface area (Å²) in [6, 6.07) is 1.46. The molecule has 0 aliphatic heterocycles. The second kappa shape index (κ2) is 6.18. The summed E-state index contributed by atoms with van der Waals surface area (Å²) >= 11 is 0. The Morgan fingerprint density at radius 1 is 1.50 bits per heavy atom. The van der Waals surface area contributed by atoms with Crippen molar-refractivity contribution in [1.82, 2.24) is 9.97 Å². The molecule has 0 bridgehead atoms. The summed E-state index contributed by atoms with van der Waals surface area (Å²) in [5, 5.41) is 2.68. The van der Waals surface area contributed by atoms with E-state index in [1.807, 2.05) is 0 Å². The van der Waals surface area contributed by atoms with E-state index in [1.54, 1.807) is 0 Å². The van der Waals surface area contributed by atoms with Crippen molar-refractivity contribution in [2.45, 2.75) is 19.0 Å². The maximum Gasteiger partial charge on any atom is 0.389 e. The lowest BCUT2D eigenvalue weighted by atomic mass is 10.3. The highest BCUT2D eigenvalue weighted by atomic mass is 19.4. The molecule has 1 N–H and O–H groups in total. The van der Waals surface area contributed by atoms with E-state index >= 15 is 0 Å². The van der Waals surface area contributed by atoms with E-state index in [-0.39, 0.29) is 24.6 Å². The number of carbonyl (C=O) groups is 1. The molecule has 0 amide bonds. The summed E-state index contributed by atoms with van der Waals surface area (Å²) in [7, 11) is 1.19. The fourth-order valence-electron chi connectivity index (χ4n) is 1.15. The second-order valence-electron chi connectivity index (χ2n) is 3.40. The molecule has 18 heavy (non-hydrogen) atoms. The Hall–Kier alpha value is -1.86. The summed E-state index contributed by atoms with van der Waals surface area (Å²) < 4.78 is 40.1. The number of hydrogen-bond donors (Lipinski definition) is 1. The summed E-state index contributed by atoms with van der Waals surface area (Å²) in [6.45, 7) is 0.108. The average molecular weight is 263 g/mol. The third-order valence-corrected chi connectivity index (χ3v) is 1.97. The van der Waals surface area contributed by atoms with Crippen molar-refractivity contribution in [3.8, 4) is 0 Å². The monoisotopic (exact) mass is 263 g/mol. The average Bonchev–Trinajstić information content (AvgIpc) is 2.33. The minimum atomic E-state index is -4.16. The number of alkyl halides is 3.